The lowest BCUT2D eigenvalue weighted by atomic mass is 9.93. The average molecular weight is 420 g/mol. The van der Waals surface area contributed by atoms with E-state index in [1.165, 1.54) is 0 Å². The number of rotatable bonds is 6. The fourth-order valence-corrected chi connectivity index (χ4v) is 4.32. The SMILES string of the molecule is CCCc1ncc(-c2ccncc2)c(C2CCCCN2C(=O)c2c(CC)noc2C)n1. The molecular weight excluding hydrogens is 390 g/mol. The second-order valence-electron chi connectivity index (χ2n) is 8.00. The number of amides is 1. The fourth-order valence-electron chi connectivity index (χ4n) is 4.32. The number of carbonyl (C=O) groups is 1. The average Bonchev–Trinajstić information content (AvgIpc) is 3.20. The van der Waals surface area contributed by atoms with E-state index in [2.05, 4.69) is 22.0 Å². The first-order chi connectivity index (χ1) is 15.1. The highest BCUT2D eigenvalue weighted by Gasteiger charge is 2.34. The van der Waals surface area contributed by atoms with Crippen LogP contribution in [-0.2, 0) is 12.8 Å². The minimum Gasteiger partial charge on any atom is -0.361 e. The molecule has 1 unspecified atom stereocenters. The van der Waals surface area contributed by atoms with Gasteiger partial charge in [0, 0.05) is 37.1 Å². The van der Waals surface area contributed by atoms with Crippen molar-refractivity contribution >= 4 is 5.91 Å². The van der Waals surface area contributed by atoms with Crippen molar-refractivity contribution in [1.82, 2.24) is 25.0 Å². The Morgan fingerprint density at radius 3 is 2.77 bits per heavy atom. The van der Waals surface area contributed by atoms with Crippen LogP contribution in [0.4, 0.5) is 0 Å². The van der Waals surface area contributed by atoms with Crippen molar-refractivity contribution in [3.05, 3.63) is 59.3 Å². The Hall–Kier alpha value is -3.09. The second kappa shape index (κ2) is 9.37. The molecule has 0 aliphatic carbocycles. The quantitative estimate of drug-likeness (QED) is 0.575. The molecule has 1 amide bonds. The van der Waals surface area contributed by atoms with Gasteiger partial charge < -0.3 is 9.42 Å². The van der Waals surface area contributed by atoms with Gasteiger partial charge in [0.25, 0.3) is 5.91 Å². The molecule has 1 fully saturated rings. The number of aromatic nitrogens is 4. The fraction of sp³-hybridized carbons (Fsp3) is 0.458. The Labute approximate surface area is 182 Å². The monoisotopic (exact) mass is 419 g/mol. The Kier molecular flexibility index (Phi) is 6.39. The van der Waals surface area contributed by atoms with E-state index in [1.54, 1.807) is 12.4 Å². The van der Waals surface area contributed by atoms with E-state index in [-0.39, 0.29) is 11.9 Å². The van der Waals surface area contributed by atoms with Crippen molar-refractivity contribution < 1.29 is 9.32 Å². The number of carbonyl (C=O) groups excluding carboxylic acids is 1. The third kappa shape index (κ3) is 4.22. The van der Waals surface area contributed by atoms with Crippen LogP contribution in [0.5, 0.6) is 0 Å². The topological polar surface area (TPSA) is 85.0 Å². The summed E-state index contributed by atoms with van der Waals surface area (Å²) in [6.45, 7) is 6.62. The first-order valence-corrected chi connectivity index (χ1v) is 11.2. The van der Waals surface area contributed by atoms with E-state index in [4.69, 9.17) is 9.51 Å². The molecule has 1 aliphatic rings. The van der Waals surface area contributed by atoms with Gasteiger partial charge in [-0.15, -0.1) is 0 Å². The van der Waals surface area contributed by atoms with Crippen molar-refractivity contribution in [2.75, 3.05) is 6.54 Å². The van der Waals surface area contributed by atoms with Crippen LogP contribution in [0.1, 0.15) is 78.9 Å². The number of pyridine rings is 1. The van der Waals surface area contributed by atoms with Crippen molar-refractivity contribution in [2.24, 2.45) is 0 Å². The zero-order valence-corrected chi connectivity index (χ0v) is 18.5. The van der Waals surface area contributed by atoms with Crippen LogP contribution in [-0.4, -0.2) is 37.5 Å². The molecule has 0 bridgehead atoms. The summed E-state index contributed by atoms with van der Waals surface area (Å²) < 4.78 is 5.35. The van der Waals surface area contributed by atoms with Crippen LogP contribution in [0, 0.1) is 6.92 Å². The van der Waals surface area contributed by atoms with Gasteiger partial charge in [-0.3, -0.25) is 9.78 Å². The molecule has 1 atom stereocenters. The molecule has 0 radical (unpaired) electrons. The van der Waals surface area contributed by atoms with Crippen LogP contribution in [0.2, 0.25) is 0 Å². The number of aryl methyl sites for hydroxylation is 3. The van der Waals surface area contributed by atoms with E-state index in [1.807, 2.05) is 37.1 Å². The maximum Gasteiger partial charge on any atom is 0.259 e. The number of hydrogen-bond donors (Lipinski definition) is 0. The molecule has 0 spiro atoms. The highest BCUT2D eigenvalue weighted by molar-refractivity contribution is 5.96. The smallest absolute Gasteiger partial charge is 0.259 e. The van der Waals surface area contributed by atoms with E-state index in [0.29, 0.717) is 24.3 Å². The summed E-state index contributed by atoms with van der Waals surface area (Å²) in [4.78, 5) is 29.4. The Morgan fingerprint density at radius 1 is 1.23 bits per heavy atom. The minimum atomic E-state index is -0.109. The van der Waals surface area contributed by atoms with Crippen LogP contribution < -0.4 is 0 Å². The summed E-state index contributed by atoms with van der Waals surface area (Å²) >= 11 is 0. The molecule has 3 aromatic heterocycles. The van der Waals surface area contributed by atoms with Crippen molar-refractivity contribution in [1.29, 1.82) is 0 Å². The van der Waals surface area contributed by atoms with Gasteiger partial charge in [0.15, 0.2) is 0 Å². The first kappa shape index (κ1) is 21.2. The van der Waals surface area contributed by atoms with Gasteiger partial charge in [-0.05, 0) is 56.7 Å². The molecule has 162 valence electrons. The third-order valence-electron chi connectivity index (χ3n) is 5.89. The van der Waals surface area contributed by atoms with Gasteiger partial charge >= 0.3 is 0 Å². The van der Waals surface area contributed by atoms with Crippen LogP contribution in [0.3, 0.4) is 0 Å². The summed E-state index contributed by atoms with van der Waals surface area (Å²) in [6, 6.07) is 3.83. The summed E-state index contributed by atoms with van der Waals surface area (Å²) in [5.74, 6) is 1.38. The van der Waals surface area contributed by atoms with E-state index < -0.39 is 0 Å². The normalized spacial score (nSPS) is 16.5. The van der Waals surface area contributed by atoms with Gasteiger partial charge in [0.1, 0.15) is 17.1 Å². The molecule has 7 nitrogen and oxygen atoms in total. The van der Waals surface area contributed by atoms with Gasteiger partial charge in [-0.25, -0.2) is 9.97 Å². The van der Waals surface area contributed by atoms with Gasteiger partial charge in [-0.1, -0.05) is 19.0 Å². The van der Waals surface area contributed by atoms with Gasteiger partial charge in [0.2, 0.25) is 0 Å². The maximum atomic E-state index is 13.7. The largest absolute Gasteiger partial charge is 0.361 e. The van der Waals surface area contributed by atoms with Crippen molar-refractivity contribution in [3.63, 3.8) is 0 Å². The zero-order valence-electron chi connectivity index (χ0n) is 18.5. The molecule has 7 heteroatoms. The number of piperidine rings is 1. The Balaban J connectivity index is 1.79. The van der Waals surface area contributed by atoms with Crippen LogP contribution in [0.15, 0.2) is 35.2 Å². The molecular formula is C24H29N5O2. The molecule has 3 aromatic rings. The molecule has 4 heterocycles. The minimum absolute atomic E-state index is 0.0170. The molecule has 0 aromatic carbocycles. The van der Waals surface area contributed by atoms with Crippen LogP contribution >= 0.6 is 0 Å². The van der Waals surface area contributed by atoms with Crippen LogP contribution in [0.25, 0.3) is 11.1 Å². The third-order valence-corrected chi connectivity index (χ3v) is 5.89. The highest BCUT2D eigenvalue weighted by atomic mass is 16.5. The number of nitrogens with zero attached hydrogens (tertiary/aromatic N) is 5. The maximum absolute atomic E-state index is 13.7. The summed E-state index contributed by atoms with van der Waals surface area (Å²) in [7, 11) is 0. The van der Waals surface area contributed by atoms with E-state index in [9.17, 15) is 4.79 Å². The summed E-state index contributed by atoms with van der Waals surface area (Å²) in [6.07, 6.45) is 10.8. The Morgan fingerprint density at radius 2 is 2.03 bits per heavy atom. The van der Waals surface area contributed by atoms with Crippen molar-refractivity contribution in [2.45, 2.75) is 65.3 Å². The molecule has 0 N–H and O–H groups in total. The second-order valence-corrected chi connectivity index (χ2v) is 8.00. The van der Waals surface area contributed by atoms with E-state index in [0.717, 1.165) is 60.4 Å². The summed E-state index contributed by atoms with van der Waals surface area (Å²) in [5, 5.41) is 4.10. The lowest BCUT2D eigenvalue weighted by molar-refractivity contribution is 0.0603. The Bertz CT molecular complexity index is 1050. The molecule has 0 saturated carbocycles. The zero-order chi connectivity index (χ0) is 21.8. The molecule has 1 saturated heterocycles. The predicted molar refractivity (Wildman–Crippen MR) is 118 cm³/mol. The lowest BCUT2D eigenvalue weighted by Gasteiger charge is -2.36. The first-order valence-electron chi connectivity index (χ1n) is 11.2. The number of hydrogen-bond acceptors (Lipinski definition) is 6. The summed E-state index contributed by atoms with van der Waals surface area (Å²) in [5.41, 5.74) is 4.22. The predicted octanol–water partition coefficient (Wildman–Crippen LogP) is 4.72. The molecule has 4 rings (SSSR count). The van der Waals surface area contributed by atoms with E-state index >= 15 is 0 Å². The van der Waals surface area contributed by atoms with Gasteiger partial charge in [0.05, 0.1) is 17.4 Å². The van der Waals surface area contributed by atoms with Gasteiger partial charge in [-0.2, -0.15) is 0 Å². The molecule has 1 aliphatic heterocycles. The highest BCUT2D eigenvalue weighted by Crippen LogP contribution is 2.37. The lowest BCUT2D eigenvalue weighted by Crippen LogP contribution is -2.39. The molecule has 31 heavy (non-hydrogen) atoms. The van der Waals surface area contributed by atoms with Crippen molar-refractivity contribution in [3.8, 4) is 11.1 Å². The standard InChI is InChI=1S/C24H29N5O2/c1-4-8-21-26-15-18(17-10-12-25-13-11-17)23(27-21)20-9-6-7-14-29(20)24(30)22-16(3)31-28-19(22)5-2/h10-13,15,20H,4-9,14H2,1-3H3. The number of likely N-dealkylation sites (tertiary alicyclic amines) is 1.